The van der Waals surface area contributed by atoms with Crippen molar-refractivity contribution < 1.29 is 4.79 Å². The van der Waals surface area contributed by atoms with Gasteiger partial charge < -0.3 is 5.73 Å². The molecular weight excluding hydrogens is 322 g/mol. The third kappa shape index (κ3) is 3.46. The number of primary amides is 1. The molecule has 0 spiro atoms. The molecule has 3 aromatic rings. The Morgan fingerprint density at radius 3 is 2.54 bits per heavy atom. The lowest BCUT2D eigenvalue weighted by atomic mass is 10.1. The molecule has 2 N–H and O–H groups in total. The lowest BCUT2D eigenvalue weighted by Crippen LogP contribution is -2.10. The molecule has 0 fully saturated rings. The van der Waals surface area contributed by atoms with E-state index in [1.54, 1.807) is 16.8 Å². The van der Waals surface area contributed by atoms with Gasteiger partial charge >= 0.3 is 0 Å². The molecule has 2 aromatic carbocycles. The van der Waals surface area contributed by atoms with Gasteiger partial charge in [0, 0.05) is 11.3 Å². The van der Waals surface area contributed by atoms with E-state index in [2.05, 4.69) is 41.5 Å². The first-order valence-electron chi connectivity index (χ1n) is 7.42. The highest BCUT2D eigenvalue weighted by molar-refractivity contribution is 7.98. The third-order valence-electron chi connectivity index (χ3n) is 3.78. The van der Waals surface area contributed by atoms with E-state index < -0.39 is 5.91 Å². The van der Waals surface area contributed by atoms with Crippen LogP contribution in [0.25, 0.3) is 5.69 Å². The van der Waals surface area contributed by atoms with Crippen LogP contribution in [0.15, 0.2) is 47.6 Å². The quantitative estimate of drug-likeness (QED) is 0.722. The van der Waals surface area contributed by atoms with E-state index in [1.165, 1.54) is 22.9 Å². The van der Waals surface area contributed by atoms with Gasteiger partial charge in [-0.25, -0.2) is 0 Å². The maximum atomic E-state index is 11.1. The number of hydrogen-bond acceptors (Lipinski definition) is 5. The van der Waals surface area contributed by atoms with E-state index in [1.807, 2.05) is 18.2 Å². The van der Waals surface area contributed by atoms with Crippen molar-refractivity contribution in [3.05, 3.63) is 64.7 Å². The van der Waals surface area contributed by atoms with Crippen LogP contribution in [0.3, 0.4) is 0 Å². The van der Waals surface area contributed by atoms with Gasteiger partial charge in [-0.3, -0.25) is 4.79 Å². The molecule has 0 saturated heterocycles. The zero-order valence-electron chi connectivity index (χ0n) is 13.4. The van der Waals surface area contributed by atoms with Crippen LogP contribution in [0.4, 0.5) is 0 Å². The van der Waals surface area contributed by atoms with Crippen LogP contribution in [-0.2, 0) is 5.75 Å². The number of aromatic nitrogens is 4. The van der Waals surface area contributed by atoms with E-state index in [9.17, 15) is 4.79 Å². The smallest absolute Gasteiger partial charge is 0.248 e. The van der Waals surface area contributed by atoms with Crippen molar-refractivity contribution >= 4 is 17.7 Å². The van der Waals surface area contributed by atoms with E-state index in [4.69, 9.17) is 5.73 Å². The highest BCUT2D eigenvalue weighted by atomic mass is 32.2. The third-order valence-corrected chi connectivity index (χ3v) is 4.77. The summed E-state index contributed by atoms with van der Waals surface area (Å²) >= 11 is 1.54. The highest BCUT2D eigenvalue weighted by Gasteiger charge is 2.10. The molecule has 3 rings (SSSR count). The first kappa shape index (κ1) is 16.2. The van der Waals surface area contributed by atoms with Crippen LogP contribution in [-0.4, -0.2) is 26.1 Å². The highest BCUT2D eigenvalue weighted by Crippen LogP contribution is 2.23. The second kappa shape index (κ2) is 6.84. The van der Waals surface area contributed by atoms with Gasteiger partial charge in [-0.15, -0.1) is 5.10 Å². The van der Waals surface area contributed by atoms with Crippen LogP contribution >= 0.6 is 11.8 Å². The minimum atomic E-state index is -0.423. The molecule has 1 heterocycles. The summed E-state index contributed by atoms with van der Waals surface area (Å²) in [7, 11) is 0. The minimum absolute atomic E-state index is 0.423. The Bertz CT molecular complexity index is 873. The molecule has 122 valence electrons. The van der Waals surface area contributed by atoms with Crippen LogP contribution in [0.2, 0.25) is 0 Å². The van der Waals surface area contributed by atoms with Crippen molar-refractivity contribution in [3.8, 4) is 5.69 Å². The van der Waals surface area contributed by atoms with Crippen LogP contribution in [0.5, 0.6) is 0 Å². The first-order chi connectivity index (χ1) is 11.5. The largest absolute Gasteiger partial charge is 0.366 e. The van der Waals surface area contributed by atoms with Crippen LogP contribution < -0.4 is 5.73 Å². The fourth-order valence-corrected chi connectivity index (χ4v) is 3.05. The molecule has 0 atom stereocenters. The van der Waals surface area contributed by atoms with Gasteiger partial charge in [-0.05, 0) is 65.2 Å². The zero-order valence-corrected chi connectivity index (χ0v) is 14.2. The average Bonchev–Trinajstić information content (AvgIpc) is 3.04. The predicted octanol–water partition coefficient (Wildman–Crippen LogP) is 2.67. The number of nitrogens with two attached hydrogens (primary N) is 1. The molecule has 0 bridgehead atoms. The van der Waals surface area contributed by atoms with Gasteiger partial charge in [-0.2, -0.15) is 4.68 Å². The number of benzene rings is 2. The number of carbonyl (C=O) groups excluding carboxylic acids is 1. The monoisotopic (exact) mass is 339 g/mol. The van der Waals surface area contributed by atoms with Crippen LogP contribution in [0, 0.1) is 13.8 Å². The molecule has 0 aliphatic carbocycles. The van der Waals surface area contributed by atoms with Gasteiger partial charge in [0.1, 0.15) is 0 Å². The van der Waals surface area contributed by atoms with Gasteiger partial charge in [0.2, 0.25) is 11.1 Å². The summed E-state index contributed by atoms with van der Waals surface area (Å²) in [5.41, 5.74) is 10.2. The summed E-state index contributed by atoms with van der Waals surface area (Å²) in [6.07, 6.45) is 0. The number of aryl methyl sites for hydroxylation is 2. The fraction of sp³-hybridized carbons (Fsp3) is 0.176. The molecule has 0 aliphatic rings. The first-order valence-corrected chi connectivity index (χ1v) is 8.40. The van der Waals surface area contributed by atoms with Crippen molar-refractivity contribution in [2.75, 3.05) is 0 Å². The Morgan fingerprint density at radius 2 is 1.88 bits per heavy atom. The Labute approximate surface area is 144 Å². The fourth-order valence-electron chi connectivity index (χ4n) is 2.20. The second-order valence-electron chi connectivity index (χ2n) is 5.49. The molecule has 1 amide bonds. The summed E-state index contributed by atoms with van der Waals surface area (Å²) in [5.74, 6) is 0.275. The van der Waals surface area contributed by atoms with E-state index >= 15 is 0 Å². The molecule has 6 nitrogen and oxygen atoms in total. The van der Waals surface area contributed by atoms with Crippen molar-refractivity contribution in [1.82, 2.24) is 20.2 Å². The SMILES string of the molecule is Cc1ccc(-n2nnnc2SCc2ccc(C(N)=O)cc2)cc1C. The summed E-state index contributed by atoms with van der Waals surface area (Å²) in [6, 6.07) is 13.4. The Kier molecular flexibility index (Phi) is 4.61. The number of tetrazole rings is 1. The van der Waals surface area contributed by atoms with Crippen LogP contribution in [0.1, 0.15) is 27.0 Å². The second-order valence-corrected chi connectivity index (χ2v) is 6.43. The maximum absolute atomic E-state index is 11.1. The number of thioether (sulfide) groups is 1. The normalized spacial score (nSPS) is 10.8. The molecule has 1 aromatic heterocycles. The molecule has 0 aliphatic heterocycles. The summed E-state index contributed by atoms with van der Waals surface area (Å²) < 4.78 is 1.73. The number of amides is 1. The number of nitrogens with zero attached hydrogens (tertiary/aromatic N) is 4. The van der Waals surface area contributed by atoms with E-state index in [0.29, 0.717) is 11.3 Å². The minimum Gasteiger partial charge on any atom is -0.366 e. The van der Waals surface area contributed by atoms with Crippen molar-refractivity contribution in [2.24, 2.45) is 5.73 Å². The van der Waals surface area contributed by atoms with Crippen molar-refractivity contribution in [2.45, 2.75) is 24.8 Å². The van der Waals surface area contributed by atoms with E-state index in [-0.39, 0.29) is 0 Å². The van der Waals surface area contributed by atoms with Crippen molar-refractivity contribution in [3.63, 3.8) is 0 Å². The lowest BCUT2D eigenvalue weighted by Gasteiger charge is -2.07. The summed E-state index contributed by atoms with van der Waals surface area (Å²) in [5, 5.41) is 12.7. The predicted molar refractivity (Wildman–Crippen MR) is 93.1 cm³/mol. The Balaban J connectivity index is 1.76. The molecule has 7 heteroatoms. The van der Waals surface area contributed by atoms with E-state index in [0.717, 1.165) is 16.4 Å². The number of hydrogen-bond donors (Lipinski definition) is 1. The number of carbonyl (C=O) groups is 1. The lowest BCUT2D eigenvalue weighted by molar-refractivity contribution is 0.100. The molecule has 0 radical (unpaired) electrons. The Hall–Kier alpha value is -2.67. The molecule has 0 unspecified atom stereocenters. The summed E-state index contributed by atoms with van der Waals surface area (Å²) in [4.78, 5) is 11.1. The van der Waals surface area contributed by atoms with Gasteiger partial charge in [-0.1, -0.05) is 30.0 Å². The maximum Gasteiger partial charge on any atom is 0.248 e. The molecule has 24 heavy (non-hydrogen) atoms. The van der Waals surface area contributed by atoms with Gasteiger partial charge in [0.15, 0.2) is 0 Å². The molecular formula is C17H17N5OS. The average molecular weight is 339 g/mol. The van der Waals surface area contributed by atoms with Gasteiger partial charge in [0.05, 0.1) is 5.69 Å². The zero-order chi connectivity index (χ0) is 17.1. The molecule has 0 saturated carbocycles. The number of rotatable bonds is 5. The topological polar surface area (TPSA) is 86.7 Å². The Morgan fingerprint density at radius 1 is 1.12 bits per heavy atom. The van der Waals surface area contributed by atoms with Gasteiger partial charge in [0.25, 0.3) is 0 Å². The summed E-state index contributed by atoms with van der Waals surface area (Å²) in [6.45, 7) is 4.14. The standard InChI is InChI=1S/C17H17N5OS/c1-11-3-8-15(9-12(11)2)22-17(19-20-21-22)24-10-13-4-6-14(7-5-13)16(18)23/h3-9H,10H2,1-2H3,(H2,18,23). The van der Waals surface area contributed by atoms with Crippen molar-refractivity contribution in [1.29, 1.82) is 0 Å².